The minimum Gasteiger partial charge on any atom is -0.478 e. The van der Waals surface area contributed by atoms with Crippen molar-refractivity contribution in [3.63, 3.8) is 0 Å². The number of carbonyl (C=O) groups is 1. The number of hydrogen-bond acceptors (Lipinski definition) is 3. The topological polar surface area (TPSA) is 80.4 Å². The van der Waals surface area contributed by atoms with Crippen LogP contribution in [-0.2, 0) is 6.42 Å². The third-order valence-electron chi connectivity index (χ3n) is 3.03. The van der Waals surface area contributed by atoms with Gasteiger partial charge in [0.25, 0.3) is 5.69 Å². The molecular formula is C14H17NO4. The van der Waals surface area contributed by atoms with Crippen LogP contribution in [0.1, 0.15) is 35.7 Å². The quantitative estimate of drug-likeness (QED) is 0.464. The molecule has 0 saturated carbocycles. The van der Waals surface area contributed by atoms with Gasteiger partial charge in [-0.25, -0.2) is 4.79 Å². The van der Waals surface area contributed by atoms with E-state index in [1.165, 1.54) is 18.2 Å². The second-order valence-electron chi connectivity index (χ2n) is 4.53. The normalized spacial score (nSPS) is 11.8. The minimum atomic E-state index is -1.13. The van der Waals surface area contributed by atoms with Crippen LogP contribution in [0, 0.1) is 16.0 Å². The van der Waals surface area contributed by atoms with Crippen molar-refractivity contribution in [1.29, 1.82) is 0 Å². The van der Waals surface area contributed by atoms with E-state index in [1.807, 2.05) is 6.92 Å². The molecule has 102 valence electrons. The van der Waals surface area contributed by atoms with Crippen molar-refractivity contribution in [1.82, 2.24) is 0 Å². The van der Waals surface area contributed by atoms with Crippen LogP contribution in [0.5, 0.6) is 0 Å². The van der Waals surface area contributed by atoms with Crippen molar-refractivity contribution in [2.75, 3.05) is 0 Å². The summed E-state index contributed by atoms with van der Waals surface area (Å²) in [5.41, 5.74) is 0.196. The second-order valence-corrected chi connectivity index (χ2v) is 4.53. The lowest BCUT2D eigenvalue weighted by Gasteiger charge is -2.10. The zero-order valence-corrected chi connectivity index (χ0v) is 10.8. The Hall–Kier alpha value is -2.17. The summed E-state index contributed by atoms with van der Waals surface area (Å²) in [4.78, 5) is 21.6. The summed E-state index contributed by atoms with van der Waals surface area (Å²) in [5, 5.41) is 20.1. The highest BCUT2D eigenvalue weighted by Crippen LogP contribution is 2.25. The molecule has 0 saturated heterocycles. The van der Waals surface area contributed by atoms with Crippen molar-refractivity contribution in [2.45, 2.75) is 26.2 Å². The molecule has 5 nitrogen and oxygen atoms in total. The molecule has 1 atom stereocenters. The van der Waals surface area contributed by atoms with E-state index in [4.69, 9.17) is 5.11 Å². The SMILES string of the molecule is C=CCC(C)CCc1c(C(=O)O)cccc1[N+](=O)[O-]. The van der Waals surface area contributed by atoms with Gasteiger partial charge in [-0.1, -0.05) is 19.1 Å². The average molecular weight is 263 g/mol. The molecule has 0 aliphatic heterocycles. The Morgan fingerprint density at radius 3 is 2.79 bits per heavy atom. The van der Waals surface area contributed by atoms with Gasteiger partial charge in [-0.15, -0.1) is 6.58 Å². The molecule has 0 aliphatic rings. The fourth-order valence-corrected chi connectivity index (χ4v) is 2.00. The van der Waals surface area contributed by atoms with Crippen molar-refractivity contribution in [2.24, 2.45) is 5.92 Å². The first kappa shape index (κ1) is 14.9. The molecule has 1 aromatic rings. The number of carboxylic acids is 1. The van der Waals surface area contributed by atoms with Gasteiger partial charge in [0, 0.05) is 11.6 Å². The molecule has 1 aromatic carbocycles. The molecule has 0 amide bonds. The van der Waals surface area contributed by atoms with Crippen molar-refractivity contribution in [3.05, 3.63) is 52.1 Å². The lowest BCUT2D eigenvalue weighted by molar-refractivity contribution is -0.385. The smallest absolute Gasteiger partial charge is 0.336 e. The molecule has 1 rings (SSSR count). The number of nitro groups is 1. The molecule has 0 bridgehead atoms. The first-order valence-corrected chi connectivity index (χ1v) is 6.07. The fraction of sp³-hybridized carbons (Fsp3) is 0.357. The molecule has 0 radical (unpaired) electrons. The molecule has 19 heavy (non-hydrogen) atoms. The van der Waals surface area contributed by atoms with Gasteiger partial charge in [0.2, 0.25) is 0 Å². The van der Waals surface area contributed by atoms with Crippen LogP contribution >= 0.6 is 0 Å². The van der Waals surface area contributed by atoms with Crippen LogP contribution in [0.15, 0.2) is 30.9 Å². The molecule has 0 heterocycles. The third-order valence-corrected chi connectivity index (χ3v) is 3.03. The zero-order valence-electron chi connectivity index (χ0n) is 10.8. The molecular weight excluding hydrogens is 246 g/mol. The van der Waals surface area contributed by atoms with Crippen LogP contribution in [0.25, 0.3) is 0 Å². The molecule has 0 aromatic heterocycles. The van der Waals surface area contributed by atoms with Crippen LogP contribution in [0.2, 0.25) is 0 Å². The molecule has 0 fully saturated rings. The van der Waals surface area contributed by atoms with Crippen molar-refractivity contribution < 1.29 is 14.8 Å². The predicted octanol–water partition coefficient (Wildman–Crippen LogP) is 3.44. The summed E-state index contributed by atoms with van der Waals surface area (Å²) < 4.78 is 0. The number of hydrogen-bond donors (Lipinski definition) is 1. The second kappa shape index (κ2) is 6.68. The summed E-state index contributed by atoms with van der Waals surface area (Å²) >= 11 is 0. The number of rotatable bonds is 7. The van der Waals surface area contributed by atoms with Gasteiger partial charge < -0.3 is 5.11 Å². The summed E-state index contributed by atoms with van der Waals surface area (Å²) in [7, 11) is 0. The maximum atomic E-state index is 11.1. The largest absolute Gasteiger partial charge is 0.478 e. The van der Waals surface area contributed by atoms with Gasteiger partial charge in [-0.05, 0) is 31.2 Å². The standard InChI is InChI=1S/C14H17NO4/c1-3-5-10(2)8-9-11-12(14(16)17)6-4-7-13(11)15(18)19/h3-4,6-7,10H,1,5,8-9H2,2H3,(H,16,17). The van der Waals surface area contributed by atoms with Crippen LogP contribution in [0.3, 0.4) is 0 Å². The number of carboxylic acid groups (broad SMARTS) is 1. The highest BCUT2D eigenvalue weighted by molar-refractivity contribution is 5.90. The van der Waals surface area contributed by atoms with Gasteiger partial charge in [-0.3, -0.25) is 10.1 Å². The Bertz CT molecular complexity index is 464. The van der Waals surface area contributed by atoms with Gasteiger partial charge in [-0.2, -0.15) is 0 Å². The van der Waals surface area contributed by atoms with E-state index < -0.39 is 10.9 Å². The number of benzene rings is 1. The van der Waals surface area contributed by atoms with E-state index in [0.29, 0.717) is 24.3 Å². The molecule has 5 heteroatoms. The number of nitrogens with zero attached hydrogens (tertiary/aromatic N) is 1. The Morgan fingerprint density at radius 1 is 1.58 bits per heavy atom. The minimum absolute atomic E-state index is 0.0139. The summed E-state index contributed by atoms with van der Waals surface area (Å²) in [6.07, 6.45) is 3.68. The van der Waals surface area contributed by atoms with E-state index in [2.05, 4.69) is 6.58 Å². The monoisotopic (exact) mass is 263 g/mol. The average Bonchev–Trinajstić information content (AvgIpc) is 2.35. The van der Waals surface area contributed by atoms with E-state index in [1.54, 1.807) is 6.08 Å². The van der Waals surface area contributed by atoms with Crippen LogP contribution < -0.4 is 0 Å². The van der Waals surface area contributed by atoms with E-state index in [9.17, 15) is 14.9 Å². The maximum Gasteiger partial charge on any atom is 0.336 e. The third kappa shape index (κ3) is 3.91. The van der Waals surface area contributed by atoms with Gasteiger partial charge in [0.05, 0.1) is 10.5 Å². The highest BCUT2D eigenvalue weighted by Gasteiger charge is 2.21. The first-order valence-electron chi connectivity index (χ1n) is 6.07. The predicted molar refractivity (Wildman–Crippen MR) is 72.4 cm³/mol. The van der Waals surface area contributed by atoms with Gasteiger partial charge in [0.1, 0.15) is 0 Å². The lowest BCUT2D eigenvalue weighted by atomic mass is 9.94. The Kier molecular flexibility index (Phi) is 5.23. The zero-order chi connectivity index (χ0) is 14.4. The first-order chi connectivity index (χ1) is 8.97. The van der Waals surface area contributed by atoms with Gasteiger partial charge in [0.15, 0.2) is 0 Å². The molecule has 1 N–H and O–H groups in total. The molecule has 0 spiro atoms. The summed E-state index contributed by atoms with van der Waals surface area (Å²) in [5.74, 6) is -0.811. The number of allylic oxidation sites excluding steroid dienone is 1. The lowest BCUT2D eigenvalue weighted by Crippen LogP contribution is -2.07. The fourth-order valence-electron chi connectivity index (χ4n) is 2.00. The number of aromatic carboxylic acids is 1. The van der Waals surface area contributed by atoms with E-state index in [-0.39, 0.29) is 11.3 Å². The van der Waals surface area contributed by atoms with E-state index in [0.717, 1.165) is 6.42 Å². The van der Waals surface area contributed by atoms with Crippen LogP contribution in [0.4, 0.5) is 5.69 Å². The van der Waals surface area contributed by atoms with E-state index >= 15 is 0 Å². The Labute approximate surface area is 111 Å². The Morgan fingerprint density at radius 2 is 2.26 bits per heavy atom. The van der Waals surface area contributed by atoms with Crippen LogP contribution in [-0.4, -0.2) is 16.0 Å². The summed E-state index contributed by atoms with van der Waals surface area (Å²) in [6, 6.07) is 4.15. The molecule has 1 unspecified atom stereocenters. The van der Waals surface area contributed by atoms with Crippen molar-refractivity contribution >= 4 is 11.7 Å². The summed E-state index contributed by atoms with van der Waals surface area (Å²) in [6.45, 7) is 5.66. The van der Waals surface area contributed by atoms with Gasteiger partial charge >= 0.3 is 5.97 Å². The van der Waals surface area contributed by atoms with Crippen molar-refractivity contribution in [3.8, 4) is 0 Å². The maximum absolute atomic E-state index is 11.1. The molecule has 0 aliphatic carbocycles. The Balaban J connectivity index is 3.04. The highest BCUT2D eigenvalue weighted by atomic mass is 16.6. The number of nitro benzene ring substituents is 1.